The van der Waals surface area contributed by atoms with E-state index in [-0.39, 0.29) is 221 Å². The molecule has 7 N–H and O–H groups in total. The fraction of sp³-hybridized carbons (Fsp3) is 0. The predicted octanol–water partition coefficient (Wildman–Crippen LogP) is 2.74. The second kappa shape index (κ2) is 36.4. The van der Waals surface area contributed by atoms with E-state index in [1.807, 2.05) is 0 Å². The summed E-state index contributed by atoms with van der Waals surface area (Å²) in [5.74, 6) is -1.14. The third kappa shape index (κ3) is 22.8. The fourth-order valence-corrected chi connectivity index (χ4v) is 11.7. The largest absolute Gasteiger partial charge is 1.00 e. The SMILES string of the molecule is O=[N+]([O-])c1ccc(Nc2ccc(N=Nc3cc(N=Nc4ccc(Nc5ccc([N+](=O)[O-])c(S(=O)(=O)[O-])c5)cc4)c(Nc4cc(O)c(N=Nc5ccc(Nc6ccc([N+](=O)[O-])cc6S(=O)(=O)[O-])cc5)cc4N=Nc4ccc(Nc5ccc([N+](=O)[O-])c(S(=O)(=O)[O-])c5)cc4)cc3O)cc2)c(S(=O)(=O)[O-])c1.[Na+].[Na+].[Na+].[Na+]. The number of nitro benzene ring substituents is 4. The van der Waals surface area contributed by atoms with E-state index in [1.54, 1.807) is 0 Å². The molecule has 0 aliphatic rings. The number of nitrogens with zero attached hydrogens (tertiary/aromatic N) is 12. The molecule has 0 saturated carbocycles. The van der Waals surface area contributed by atoms with Crippen LogP contribution in [0.1, 0.15) is 0 Å². The van der Waals surface area contributed by atoms with E-state index in [2.05, 4.69) is 67.5 Å². The molecular weight excluding hydrogens is 1530 g/mol. The molecule has 0 saturated heterocycles. The number of phenols is 2. The minimum atomic E-state index is -5.29. The van der Waals surface area contributed by atoms with Crippen LogP contribution in [0, 0.1) is 40.5 Å². The summed E-state index contributed by atoms with van der Waals surface area (Å²) >= 11 is 0. The Hall–Kier alpha value is -9.56. The Kier molecular flexibility index (Phi) is 29.3. The Balaban J connectivity index is 0.00000448. The molecule has 47 heteroatoms. The van der Waals surface area contributed by atoms with Crippen LogP contribution in [0.3, 0.4) is 0 Å². The Morgan fingerprint density at radius 3 is 0.813 bits per heavy atom. The Morgan fingerprint density at radius 1 is 0.271 bits per heavy atom. The molecule has 10 aromatic carbocycles. The number of rotatable bonds is 26. The van der Waals surface area contributed by atoms with Gasteiger partial charge in [0.05, 0.1) is 75.0 Å². The molecule has 107 heavy (non-hydrogen) atoms. The number of anilines is 10. The van der Waals surface area contributed by atoms with Gasteiger partial charge >= 0.3 is 118 Å². The standard InChI is InChI=1S/C60H43N17O22S4.4Na/c78-55-31-47(49(70-66-37-9-1-33(2-10-37)61-41-17-23-53(76(84)85)59(25-41)102(94,95)96)29-51(55)72-68-39-13-5-35(6-14-39)63-45-21-19-43(74(80)81)27-57(45)100(88,89)90)65-48-32-56(79)52(73-69-40-15-7-36(8-16-40)64-46-22-20-44(75(82)83)28-58(46)101(91,92)93)30-50(48)71-67-38-11-3-34(4-12-38)62-42-18-24-54(77(86)87)60(26-42)103(97,98)99;;;;/h1-32,61-65,78-79H,(H,88,89,90)(H,91,92,93)(H,94,95,96)(H,97,98,99);;;;/q;4*+1/p-4. The first-order chi connectivity index (χ1) is 48.6. The molecule has 0 unspecified atom stereocenters. The molecule has 10 rings (SSSR count). The van der Waals surface area contributed by atoms with Crippen LogP contribution in [0.25, 0.3) is 0 Å². The van der Waals surface area contributed by atoms with Gasteiger partial charge in [0.1, 0.15) is 84.5 Å². The van der Waals surface area contributed by atoms with Gasteiger partial charge in [-0.05, 0) is 146 Å². The monoisotopic (exact) mass is 1570 g/mol. The van der Waals surface area contributed by atoms with Crippen molar-refractivity contribution >= 4 is 166 Å². The summed E-state index contributed by atoms with van der Waals surface area (Å²) in [6.07, 6.45) is 0. The number of phenolic OH excluding ortho intramolecular Hbond substituents is 2. The van der Waals surface area contributed by atoms with E-state index < -0.39 is 114 Å². The van der Waals surface area contributed by atoms with E-state index in [1.165, 1.54) is 109 Å². The van der Waals surface area contributed by atoms with Gasteiger partial charge in [0.2, 0.25) is 0 Å². The maximum atomic E-state index is 12.0. The normalized spacial score (nSPS) is 11.6. The molecule has 0 aliphatic carbocycles. The van der Waals surface area contributed by atoms with E-state index >= 15 is 0 Å². The zero-order chi connectivity index (χ0) is 74.3. The maximum absolute atomic E-state index is 12.0. The molecule has 0 atom stereocenters. The molecule has 0 aliphatic heterocycles. The van der Waals surface area contributed by atoms with Gasteiger partial charge in [-0.3, -0.25) is 40.5 Å². The van der Waals surface area contributed by atoms with Crippen molar-refractivity contribution in [1.82, 2.24) is 0 Å². The van der Waals surface area contributed by atoms with Crippen LogP contribution in [0.15, 0.2) is 255 Å². The number of hydrogen-bond donors (Lipinski definition) is 7. The van der Waals surface area contributed by atoms with Crippen molar-refractivity contribution in [1.29, 1.82) is 0 Å². The molecule has 0 radical (unpaired) electrons. The van der Waals surface area contributed by atoms with Crippen LogP contribution in [-0.4, -0.2) is 81.8 Å². The van der Waals surface area contributed by atoms with Crippen molar-refractivity contribution in [3.8, 4) is 11.5 Å². The van der Waals surface area contributed by atoms with Crippen LogP contribution in [0.4, 0.5) is 125 Å². The van der Waals surface area contributed by atoms with Crippen LogP contribution in [0.5, 0.6) is 11.5 Å². The minimum absolute atomic E-state index is 0. The topological polar surface area (TPSA) is 601 Å². The van der Waals surface area contributed by atoms with E-state index in [4.69, 9.17) is 0 Å². The van der Waals surface area contributed by atoms with Gasteiger partial charge in [0.15, 0.2) is 0 Å². The third-order valence-corrected chi connectivity index (χ3v) is 17.4. The average molecular weight is 1570 g/mol. The van der Waals surface area contributed by atoms with Gasteiger partial charge in [0.25, 0.3) is 22.7 Å². The molecule has 10 aromatic rings. The Bertz CT molecular complexity index is 5380. The smallest absolute Gasteiger partial charge is 0.744 e. The third-order valence-electron chi connectivity index (χ3n) is 13.9. The quantitative estimate of drug-likeness (QED) is 0.0135. The number of non-ortho nitro benzene ring substituents is 2. The number of nitrogens with one attached hydrogen (secondary N) is 5. The van der Waals surface area contributed by atoms with Crippen molar-refractivity contribution in [2.24, 2.45) is 40.9 Å². The second-order valence-electron chi connectivity index (χ2n) is 20.9. The van der Waals surface area contributed by atoms with Gasteiger partial charge in [0, 0.05) is 82.7 Å². The second-order valence-corrected chi connectivity index (χ2v) is 26.3. The molecule has 0 fully saturated rings. The summed E-state index contributed by atoms with van der Waals surface area (Å²) in [5.41, 5.74) is -3.31. The van der Waals surface area contributed by atoms with Crippen molar-refractivity contribution in [3.63, 3.8) is 0 Å². The molecular formula is C60H39N17Na4O22S4. The van der Waals surface area contributed by atoms with E-state index in [0.29, 0.717) is 12.1 Å². The summed E-state index contributed by atoms with van der Waals surface area (Å²) in [5, 5.41) is 117. The van der Waals surface area contributed by atoms with Crippen molar-refractivity contribution < 1.29 is 200 Å². The molecule has 0 bridgehead atoms. The summed E-state index contributed by atoms with van der Waals surface area (Å²) in [4.78, 5) is 37.7. The average Bonchev–Trinajstić information content (AvgIpc) is 0.830. The van der Waals surface area contributed by atoms with E-state index in [9.17, 15) is 103 Å². The molecule has 0 spiro atoms. The summed E-state index contributed by atoms with van der Waals surface area (Å²) < 4.78 is 144. The summed E-state index contributed by atoms with van der Waals surface area (Å²) in [6, 6.07) is 37.9. The molecule has 524 valence electrons. The maximum Gasteiger partial charge on any atom is 1.00 e. The minimum Gasteiger partial charge on any atom is -0.744 e. The number of nitro groups is 4. The van der Waals surface area contributed by atoms with E-state index in [0.717, 1.165) is 72.8 Å². The summed E-state index contributed by atoms with van der Waals surface area (Å²) in [7, 11) is -21.0. The van der Waals surface area contributed by atoms with Gasteiger partial charge in [-0.25, -0.2) is 33.7 Å². The first-order valence-electron chi connectivity index (χ1n) is 28.3. The van der Waals surface area contributed by atoms with Crippen LogP contribution >= 0.6 is 0 Å². The van der Waals surface area contributed by atoms with Gasteiger partial charge in [-0.1, -0.05) is 0 Å². The first-order valence-corrected chi connectivity index (χ1v) is 33.9. The van der Waals surface area contributed by atoms with Crippen molar-refractivity contribution in [3.05, 3.63) is 235 Å². The molecule has 39 nitrogen and oxygen atoms in total. The van der Waals surface area contributed by atoms with Gasteiger partial charge < -0.3 is 55.0 Å². The summed E-state index contributed by atoms with van der Waals surface area (Å²) in [6.45, 7) is 0. The van der Waals surface area contributed by atoms with Crippen LogP contribution in [-0.2, 0) is 40.5 Å². The number of hydrogen-bond acceptors (Lipinski definition) is 35. The van der Waals surface area contributed by atoms with Crippen molar-refractivity contribution in [2.45, 2.75) is 19.6 Å². The molecule has 0 aromatic heterocycles. The molecule has 0 heterocycles. The van der Waals surface area contributed by atoms with Crippen molar-refractivity contribution in [2.75, 3.05) is 26.6 Å². The fourth-order valence-electron chi connectivity index (χ4n) is 9.09. The van der Waals surface area contributed by atoms with Gasteiger partial charge in [-0.2, -0.15) is 20.5 Å². The van der Waals surface area contributed by atoms with Crippen LogP contribution < -0.4 is 145 Å². The number of azo groups is 4. The first kappa shape index (κ1) is 86.4. The van der Waals surface area contributed by atoms with Gasteiger partial charge in [-0.15, -0.1) is 20.5 Å². The number of aromatic hydroxyl groups is 2. The Labute approximate surface area is 691 Å². The Morgan fingerprint density at radius 2 is 0.542 bits per heavy atom. The zero-order valence-corrected chi connectivity index (χ0v) is 66.3. The van der Waals surface area contributed by atoms with Crippen LogP contribution in [0.2, 0.25) is 0 Å². The molecule has 0 amide bonds. The predicted molar refractivity (Wildman–Crippen MR) is 359 cm³/mol. The zero-order valence-electron chi connectivity index (χ0n) is 55.0. The number of benzene rings is 10.